The third-order valence-corrected chi connectivity index (χ3v) is 12.6. The number of hydrogen-bond acceptors (Lipinski definition) is 6. The summed E-state index contributed by atoms with van der Waals surface area (Å²) in [5, 5.41) is 3.43. The molecule has 0 saturated heterocycles. The van der Waals surface area contributed by atoms with Crippen LogP contribution in [0, 0.1) is 0 Å². The molecule has 0 spiro atoms. The molecular weight excluding hydrogens is 800 g/mol. The maximum absolute atomic E-state index is 13.8. The number of anilines is 6. The summed E-state index contributed by atoms with van der Waals surface area (Å²) < 4.78 is 74.5. The van der Waals surface area contributed by atoms with Crippen LogP contribution >= 0.6 is 11.3 Å². The van der Waals surface area contributed by atoms with Crippen LogP contribution in [0.15, 0.2) is 194 Å². The van der Waals surface area contributed by atoms with Crippen LogP contribution in [0.4, 0.5) is 47.3 Å². The van der Waals surface area contributed by atoms with Gasteiger partial charge in [0.1, 0.15) is 0 Å². The Kier molecular flexibility index (Phi) is 9.07. The first-order chi connectivity index (χ1) is 29.2. The summed E-state index contributed by atoms with van der Waals surface area (Å²) in [5.74, 6) is -0.407. The molecule has 2 aromatic heterocycles. The van der Waals surface area contributed by atoms with Gasteiger partial charge in [0.2, 0.25) is 0 Å². The Morgan fingerprint density at radius 2 is 1.03 bits per heavy atom. The third kappa shape index (κ3) is 6.39. The quantitative estimate of drug-likeness (QED) is 0.107. The summed E-state index contributed by atoms with van der Waals surface area (Å²) >= 11 is 1.18. The Labute approximate surface area is 347 Å². The van der Waals surface area contributed by atoms with Crippen LogP contribution in [-0.2, 0) is 10.1 Å². The number of nitrogens with zero attached hydrogens (tertiary/aromatic N) is 3. The van der Waals surface area contributed by atoms with Crippen LogP contribution in [-0.4, -0.2) is 18.5 Å². The largest absolute Gasteiger partial charge is 0.534 e. The fourth-order valence-electron chi connectivity index (χ4n) is 7.94. The van der Waals surface area contributed by atoms with Gasteiger partial charge in [-0.05, 0) is 97.1 Å². The number of aromatic nitrogens is 1. The number of rotatable bonds is 9. The van der Waals surface area contributed by atoms with E-state index < -0.39 is 21.4 Å². The second kappa shape index (κ2) is 14.6. The highest BCUT2D eigenvalue weighted by atomic mass is 32.2. The lowest BCUT2D eigenvalue weighted by Gasteiger charge is -2.27. The van der Waals surface area contributed by atoms with E-state index in [4.69, 9.17) is 4.18 Å². The van der Waals surface area contributed by atoms with Crippen LogP contribution in [0.25, 0.3) is 47.7 Å². The molecule has 0 amide bonds. The van der Waals surface area contributed by atoms with Gasteiger partial charge >= 0.3 is 15.6 Å². The molecule has 0 fully saturated rings. The number of fused-ring (bicyclic) bond motifs is 6. The van der Waals surface area contributed by atoms with Gasteiger partial charge in [-0.25, -0.2) is 0 Å². The Balaban J connectivity index is 1.20. The van der Waals surface area contributed by atoms with Crippen LogP contribution in [0.1, 0.15) is 0 Å². The molecule has 8 aromatic carbocycles. The Bertz CT molecular complexity index is 3260. The Morgan fingerprint density at radius 3 is 1.67 bits per heavy atom. The van der Waals surface area contributed by atoms with Crippen molar-refractivity contribution in [3.8, 4) is 11.4 Å². The van der Waals surface area contributed by atoms with E-state index in [9.17, 15) is 21.6 Å². The Hall–Kier alpha value is -7.08. The lowest BCUT2D eigenvalue weighted by atomic mass is 10.1. The molecule has 2 heterocycles. The molecule has 60 heavy (non-hydrogen) atoms. The molecule has 0 aliphatic heterocycles. The third-order valence-electron chi connectivity index (χ3n) is 10.5. The number of benzene rings is 8. The summed E-state index contributed by atoms with van der Waals surface area (Å²) in [7, 11) is -5.98. The molecule has 0 N–H and O–H groups in total. The standard InChI is InChI=1S/C49H32F3N3O3S2/c50-49(51,52)60(56,57)58-45-30-29-44(54(34-17-7-2-8-18-34)35-19-9-3-10-20-35)47-40-27-25-38(32-46(40)59-48(45)47)53(33-15-5-1-6-16-33)37-26-28-43-41(31-37)39-23-13-14-24-42(39)55(43)36-21-11-4-12-22-36/h1-32H. The average Bonchev–Trinajstić information content (AvgIpc) is 3.82. The summed E-state index contributed by atoms with van der Waals surface area (Å²) in [6.45, 7) is 0. The van der Waals surface area contributed by atoms with E-state index in [1.807, 2.05) is 144 Å². The van der Waals surface area contributed by atoms with Crippen LogP contribution in [0.2, 0.25) is 0 Å². The normalized spacial score (nSPS) is 12.1. The van der Waals surface area contributed by atoms with Gasteiger partial charge in [0, 0.05) is 60.4 Å². The van der Waals surface area contributed by atoms with E-state index in [1.54, 1.807) is 6.07 Å². The van der Waals surface area contributed by atoms with Gasteiger partial charge in [-0.2, -0.15) is 21.6 Å². The smallest absolute Gasteiger partial charge is 0.374 e. The highest BCUT2D eigenvalue weighted by Crippen LogP contribution is 2.50. The first-order valence-electron chi connectivity index (χ1n) is 19.0. The molecule has 0 bridgehead atoms. The first-order valence-corrected chi connectivity index (χ1v) is 21.2. The molecule has 6 nitrogen and oxygen atoms in total. The number of hydrogen-bond donors (Lipinski definition) is 0. The van der Waals surface area contributed by atoms with Gasteiger partial charge < -0.3 is 18.6 Å². The molecule has 0 radical (unpaired) electrons. The fraction of sp³-hybridized carbons (Fsp3) is 0.0204. The second-order valence-corrected chi connectivity index (χ2v) is 16.7. The minimum absolute atomic E-state index is 0.255. The number of alkyl halides is 3. The lowest BCUT2D eigenvalue weighted by molar-refractivity contribution is -0.0499. The highest BCUT2D eigenvalue weighted by Gasteiger charge is 2.49. The zero-order valence-electron chi connectivity index (χ0n) is 31.5. The van der Waals surface area contributed by atoms with Crippen LogP contribution in [0.3, 0.4) is 0 Å². The van der Waals surface area contributed by atoms with E-state index in [0.717, 1.165) is 61.3 Å². The molecule has 10 aromatic rings. The van der Waals surface area contributed by atoms with Gasteiger partial charge in [-0.3, -0.25) is 0 Å². The minimum Gasteiger partial charge on any atom is -0.374 e. The van der Waals surface area contributed by atoms with Crippen molar-refractivity contribution in [3.63, 3.8) is 0 Å². The predicted octanol–water partition coefficient (Wildman–Crippen LogP) is 14.3. The SMILES string of the molecule is O=S(=O)(Oc1ccc(N(c2ccccc2)c2ccccc2)c2c1sc1cc(N(c3ccccc3)c3ccc4c(c3)c3ccccc3n4-c3ccccc3)ccc12)C(F)(F)F. The molecule has 0 aliphatic carbocycles. The first kappa shape index (κ1) is 37.2. The summed E-state index contributed by atoms with van der Waals surface area (Å²) in [6.07, 6.45) is 0. The maximum Gasteiger partial charge on any atom is 0.534 e. The summed E-state index contributed by atoms with van der Waals surface area (Å²) in [6, 6.07) is 62.9. The Morgan fingerprint density at radius 1 is 0.500 bits per heavy atom. The van der Waals surface area contributed by atoms with E-state index in [1.165, 1.54) is 17.4 Å². The van der Waals surface area contributed by atoms with Gasteiger partial charge in [-0.1, -0.05) is 97.1 Å². The van der Waals surface area contributed by atoms with Gasteiger partial charge in [0.05, 0.1) is 21.4 Å². The van der Waals surface area contributed by atoms with Gasteiger partial charge in [0.25, 0.3) is 0 Å². The zero-order valence-corrected chi connectivity index (χ0v) is 33.1. The van der Waals surface area contributed by atoms with Crippen molar-refractivity contribution in [2.24, 2.45) is 0 Å². The fourth-order valence-corrected chi connectivity index (χ4v) is 9.67. The zero-order chi connectivity index (χ0) is 41.0. The van der Waals surface area contributed by atoms with Crippen molar-refractivity contribution in [3.05, 3.63) is 194 Å². The molecule has 11 heteroatoms. The molecule has 0 aliphatic rings. The number of para-hydroxylation sites is 5. The second-order valence-electron chi connectivity index (χ2n) is 14.1. The molecular formula is C49H32F3N3O3S2. The molecule has 10 rings (SSSR count). The van der Waals surface area contributed by atoms with Gasteiger partial charge in [-0.15, -0.1) is 11.3 Å². The van der Waals surface area contributed by atoms with Crippen molar-refractivity contribution in [2.75, 3.05) is 9.80 Å². The van der Waals surface area contributed by atoms with Crippen LogP contribution in [0.5, 0.6) is 5.75 Å². The van der Waals surface area contributed by atoms with Crippen molar-refractivity contribution in [1.82, 2.24) is 4.57 Å². The van der Waals surface area contributed by atoms with Crippen molar-refractivity contribution < 1.29 is 25.8 Å². The number of thiophene rings is 1. The van der Waals surface area contributed by atoms with Crippen molar-refractivity contribution in [1.29, 1.82) is 0 Å². The molecule has 0 unspecified atom stereocenters. The summed E-state index contributed by atoms with van der Waals surface area (Å²) in [5.41, 5.74) is 2.38. The highest BCUT2D eigenvalue weighted by molar-refractivity contribution is 7.88. The number of halogens is 3. The van der Waals surface area contributed by atoms with Gasteiger partial charge in [0.15, 0.2) is 5.75 Å². The molecule has 294 valence electrons. The van der Waals surface area contributed by atoms with Crippen LogP contribution < -0.4 is 14.0 Å². The van der Waals surface area contributed by atoms with Crippen molar-refractivity contribution >= 4 is 97.6 Å². The van der Waals surface area contributed by atoms with E-state index in [0.29, 0.717) is 15.8 Å². The average molecular weight is 832 g/mol. The van der Waals surface area contributed by atoms with E-state index >= 15 is 0 Å². The van der Waals surface area contributed by atoms with E-state index in [-0.39, 0.29) is 4.70 Å². The summed E-state index contributed by atoms with van der Waals surface area (Å²) in [4.78, 5) is 4.15. The monoisotopic (exact) mass is 831 g/mol. The van der Waals surface area contributed by atoms with Crippen molar-refractivity contribution in [2.45, 2.75) is 5.51 Å². The minimum atomic E-state index is -5.98. The van der Waals surface area contributed by atoms with E-state index in [2.05, 4.69) is 51.9 Å². The molecule has 0 saturated carbocycles. The topological polar surface area (TPSA) is 54.8 Å². The lowest BCUT2D eigenvalue weighted by Crippen LogP contribution is -2.28. The maximum atomic E-state index is 13.8. The molecule has 0 atom stereocenters. The predicted molar refractivity (Wildman–Crippen MR) is 239 cm³/mol.